The van der Waals surface area contributed by atoms with E-state index in [-0.39, 0.29) is 16.6 Å². The van der Waals surface area contributed by atoms with Crippen LogP contribution in [0.2, 0.25) is 0 Å². The number of hydrogen-bond donors (Lipinski definition) is 4. The zero-order valence-corrected chi connectivity index (χ0v) is 22.6. The molecule has 0 spiro atoms. The first-order valence-corrected chi connectivity index (χ1v) is 13.7. The molecule has 0 atom stereocenters. The molecule has 208 valence electrons. The summed E-state index contributed by atoms with van der Waals surface area (Å²) >= 11 is 0. The van der Waals surface area contributed by atoms with E-state index in [0.717, 1.165) is 46.5 Å². The minimum Gasteiger partial charge on any atom is -0.461 e. The Bertz CT molecular complexity index is 1680. The molecule has 0 aliphatic heterocycles. The normalized spacial score (nSPS) is 11.2. The average molecular weight is 566 g/mol. The Kier molecular flexibility index (Phi) is 9.04. The second-order valence-corrected chi connectivity index (χ2v) is 10.4. The van der Waals surface area contributed by atoms with Gasteiger partial charge in [0.2, 0.25) is 0 Å². The summed E-state index contributed by atoms with van der Waals surface area (Å²) in [6, 6.07) is 17.0. The lowest BCUT2D eigenvalue weighted by Gasteiger charge is -2.06. The molecular weight excluding hydrogens is 537 g/mol. The van der Waals surface area contributed by atoms with Crippen molar-refractivity contribution in [2.75, 3.05) is 11.9 Å². The van der Waals surface area contributed by atoms with Gasteiger partial charge in [0, 0.05) is 34.9 Å². The second-order valence-electron chi connectivity index (χ2n) is 8.99. The Hall–Kier alpha value is -4.39. The van der Waals surface area contributed by atoms with E-state index in [2.05, 4.69) is 26.0 Å². The molecule has 0 saturated carbocycles. The van der Waals surface area contributed by atoms with Crippen LogP contribution in [0.15, 0.2) is 82.2 Å². The molecule has 40 heavy (non-hydrogen) atoms. The molecule has 0 radical (unpaired) electrons. The number of carbonyl (C=O) groups excluding carboxylic acids is 1. The molecule has 4 N–H and O–H groups in total. The summed E-state index contributed by atoms with van der Waals surface area (Å²) in [5, 5.41) is 17.4. The lowest BCUT2D eigenvalue weighted by Crippen LogP contribution is -2.17. The molecule has 5 rings (SSSR count). The lowest BCUT2D eigenvalue weighted by molar-refractivity contribution is 0.102. The summed E-state index contributed by atoms with van der Waals surface area (Å²) in [6.07, 6.45) is 2.52. The number of furan rings is 1. The quantitative estimate of drug-likeness (QED) is 0.154. The Labute approximate surface area is 230 Å². The maximum absolute atomic E-state index is 13.1. The van der Waals surface area contributed by atoms with Gasteiger partial charge in [-0.05, 0) is 81.4 Å². The molecule has 3 aromatic carbocycles. The number of halogens is 1. The fraction of sp³-hybridized carbons (Fsp3) is 0.179. The predicted molar refractivity (Wildman–Crippen MR) is 148 cm³/mol. The van der Waals surface area contributed by atoms with Crippen molar-refractivity contribution in [1.29, 1.82) is 0 Å². The summed E-state index contributed by atoms with van der Waals surface area (Å²) in [7, 11) is -4.02. The van der Waals surface area contributed by atoms with Gasteiger partial charge in [0.15, 0.2) is 0 Å². The highest BCUT2D eigenvalue weighted by Gasteiger charge is 2.13. The summed E-state index contributed by atoms with van der Waals surface area (Å²) in [5.74, 6) is 0.185. The van der Waals surface area contributed by atoms with Crippen molar-refractivity contribution in [3.05, 3.63) is 107 Å². The van der Waals surface area contributed by atoms with Crippen LogP contribution in [-0.2, 0) is 23.1 Å². The van der Waals surface area contributed by atoms with Crippen molar-refractivity contribution >= 4 is 32.7 Å². The van der Waals surface area contributed by atoms with Gasteiger partial charge in [-0.2, -0.15) is 8.42 Å². The minimum absolute atomic E-state index is 0.0666. The van der Waals surface area contributed by atoms with E-state index in [4.69, 9.17) is 8.97 Å². The van der Waals surface area contributed by atoms with Gasteiger partial charge in [-0.1, -0.05) is 22.9 Å². The number of nitrogens with one attached hydrogen (secondary N) is 3. The molecule has 0 fully saturated rings. The first-order chi connectivity index (χ1) is 19.1. The Morgan fingerprint density at radius 3 is 2.42 bits per heavy atom. The molecule has 5 aromatic rings. The number of nitrogens with zero attached hydrogens (tertiary/aromatic N) is 2. The van der Waals surface area contributed by atoms with Crippen LogP contribution in [0.5, 0.6) is 0 Å². The first-order valence-electron chi connectivity index (χ1n) is 12.3. The fourth-order valence-corrected chi connectivity index (χ4v) is 4.40. The van der Waals surface area contributed by atoms with Crippen LogP contribution in [0.4, 0.5) is 10.1 Å². The maximum atomic E-state index is 13.1. The van der Waals surface area contributed by atoms with Gasteiger partial charge in [-0.25, -0.2) is 4.39 Å². The molecule has 1 amide bonds. The van der Waals surface area contributed by atoms with E-state index >= 15 is 0 Å². The van der Waals surface area contributed by atoms with Crippen molar-refractivity contribution < 1.29 is 26.6 Å². The molecule has 10 nitrogen and oxygen atoms in total. The standard InChI is InChI=1S/C21H20FN5O2.C7H8O3S/c1-13-18(8-9-23-11-17-12-24-27-26-17)19-10-16(6-7-20(19)29-13)25-21(28)14-2-4-15(22)5-3-14;1-6-2-4-7(5-3-6)11(8,9)10/h2-7,10,12,23H,8-9,11H2,1H3,(H,25,28)(H,24,26,27);2-5H,1H3,(H,8,9,10). The lowest BCUT2D eigenvalue weighted by atomic mass is 10.1. The van der Waals surface area contributed by atoms with E-state index in [1.807, 2.05) is 26.0 Å². The summed E-state index contributed by atoms with van der Waals surface area (Å²) in [5.41, 5.74) is 4.72. The smallest absolute Gasteiger partial charge is 0.294 e. The number of fused-ring (bicyclic) bond motifs is 1. The number of aromatic amines is 1. The van der Waals surface area contributed by atoms with E-state index < -0.39 is 10.1 Å². The van der Waals surface area contributed by atoms with Gasteiger partial charge in [0.25, 0.3) is 16.0 Å². The van der Waals surface area contributed by atoms with Crippen LogP contribution in [-0.4, -0.2) is 40.8 Å². The molecular formula is C28H28FN5O5S. The van der Waals surface area contributed by atoms with Crippen LogP contribution >= 0.6 is 0 Å². The molecule has 0 saturated heterocycles. The number of H-pyrrole nitrogens is 1. The van der Waals surface area contributed by atoms with E-state index in [9.17, 15) is 17.6 Å². The van der Waals surface area contributed by atoms with Gasteiger partial charge in [0.1, 0.15) is 17.2 Å². The highest BCUT2D eigenvalue weighted by atomic mass is 32.2. The minimum atomic E-state index is -4.02. The fourth-order valence-electron chi connectivity index (χ4n) is 3.92. The summed E-state index contributed by atoms with van der Waals surface area (Å²) in [4.78, 5) is 12.3. The van der Waals surface area contributed by atoms with Gasteiger partial charge >= 0.3 is 0 Å². The van der Waals surface area contributed by atoms with Gasteiger partial charge in [-0.15, -0.1) is 5.10 Å². The Morgan fingerprint density at radius 1 is 1.05 bits per heavy atom. The molecule has 0 bridgehead atoms. The second kappa shape index (κ2) is 12.6. The highest BCUT2D eigenvalue weighted by molar-refractivity contribution is 7.85. The van der Waals surface area contributed by atoms with E-state index in [0.29, 0.717) is 17.8 Å². The zero-order valence-electron chi connectivity index (χ0n) is 21.8. The van der Waals surface area contributed by atoms with Crippen molar-refractivity contribution in [2.45, 2.75) is 31.7 Å². The monoisotopic (exact) mass is 565 g/mol. The maximum Gasteiger partial charge on any atom is 0.294 e. The predicted octanol–water partition coefficient (Wildman–Crippen LogP) is 4.82. The third kappa shape index (κ3) is 7.59. The van der Waals surface area contributed by atoms with Crippen LogP contribution in [0.25, 0.3) is 11.0 Å². The Morgan fingerprint density at radius 2 is 1.77 bits per heavy atom. The van der Waals surface area contributed by atoms with Gasteiger partial charge < -0.3 is 15.1 Å². The van der Waals surface area contributed by atoms with Crippen molar-refractivity contribution in [3.63, 3.8) is 0 Å². The topological polar surface area (TPSA) is 150 Å². The number of hydrogen-bond acceptors (Lipinski definition) is 7. The molecule has 0 unspecified atom stereocenters. The number of aromatic nitrogens is 3. The Balaban J connectivity index is 0.000000283. The number of benzene rings is 3. The first kappa shape index (κ1) is 28.6. The van der Waals surface area contributed by atoms with E-state index in [1.165, 1.54) is 36.4 Å². The summed E-state index contributed by atoms with van der Waals surface area (Å²) in [6.45, 7) is 5.15. The zero-order chi connectivity index (χ0) is 28.7. The number of anilines is 1. The largest absolute Gasteiger partial charge is 0.461 e. The molecule has 12 heteroatoms. The van der Waals surface area contributed by atoms with Crippen LogP contribution in [0.3, 0.4) is 0 Å². The third-order valence-electron chi connectivity index (χ3n) is 6.00. The molecule has 0 aliphatic rings. The van der Waals surface area contributed by atoms with Crippen molar-refractivity contribution in [1.82, 2.24) is 20.7 Å². The van der Waals surface area contributed by atoms with Crippen LogP contribution in [0, 0.1) is 19.7 Å². The van der Waals surface area contributed by atoms with E-state index in [1.54, 1.807) is 24.4 Å². The van der Waals surface area contributed by atoms with Crippen LogP contribution in [0.1, 0.15) is 32.9 Å². The van der Waals surface area contributed by atoms with Gasteiger partial charge in [-0.3, -0.25) is 14.4 Å². The third-order valence-corrected chi connectivity index (χ3v) is 6.87. The van der Waals surface area contributed by atoms with Gasteiger partial charge in [0.05, 0.1) is 10.6 Å². The molecule has 0 aliphatic carbocycles. The number of amides is 1. The molecule has 2 aromatic heterocycles. The number of rotatable bonds is 8. The number of aryl methyl sites for hydroxylation is 2. The molecule has 2 heterocycles. The SMILES string of the molecule is Cc1ccc(S(=O)(=O)O)cc1.Cc1oc2ccc(NC(=O)c3ccc(F)cc3)cc2c1CCNCc1c[nH]nn1. The van der Waals surface area contributed by atoms with Crippen LogP contribution < -0.4 is 10.6 Å². The average Bonchev–Trinajstić information content (AvgIpc) is 3.54. The highest BCUT2D eigenvalue weighted by Crippen LogP contribution is 2.28. The number of carbonyl (C=O) groups is 1. The van der Waals surface area contributed by atoms with Crippen molar-refractivity contribution in [2.24, 2.45) is 0 Å². The summed E-state index contributed by atoms with van der Waals surface area (Å²) < 4.78 is 48.5. The van der Waals surface area contributed by atoms with Crippen molar-refractivity contribution in [3.8, 4) is 0 Å².